The highest BCUT2D eigenvalue weighted by atomic mass is 16.5. The van der Waals surface area contributed by atoms with Gasteiger partial charge in [0.1, 0.15) is 17.6 Å². The van der Waals surface area contributed by atoms with Gasteiger partial charge in [0.25, 0.3) is 5.91 Å². The van der Waals surface area contributed by atoms with E-state index < -0.39 is 0 Å². The molecule has 0 spiro atoms. The molecule has 0 unspecified atom stereocenters. The third-order valence-electron chi connectivity index (χ3n) is 6.00. The highest BCUT2D eigenvalue weighted by Crippen LogP contribution is 2.26. The molecular formula is C22H27N7O4. The first-order valence-electron chi connectivity index (χ1n) is 11.2. The molecule has 0 aromatic carbocycles. The van der Waals surface area contributed by atoms with Crippen molar-refractivity contribution in [1.82, 2.24) is 29.7 Å². The summed E-state index contributed by atoms with van der Waals surface area (Å²) in [5.41, 5.74) is 0.806. The average Bonchev–Trinajstić information content (AvgIpc) is 3.35. The van der Waals surface area contributed by atoms with E-state index in [1.807, 2.05) is 16.7 Å². The largest absolute Gasteiger partial charge is 0.481 e. The number of anilines is 1. The van der Waals surface area contributed by atoms with Gasteiger partial charge in [-0.1, -0.05) is 0 Å². The topological polar surface area (TPSA) is 116 Å². The van der Waals surface area contributed by atoms with Crippen LogP contribution in [-0.2, 0) is 4.74 Å². The van der Waals surface area contributed by atoms with Crippen molar-refractivity contribution in [2.24, 2.45) is 0 Å². The van der Waals surface area contributed by atoms with Crippen molar-refractivity contribution < 1.29 is 19.0 Å². The van der Waals surface area contributed by atoms with E-state index >= 15 is 0 Å². The van der Waals surface area contributed by atoms with Gasteiger partial charge in [-0.25, -0.2) is 9.97 Å². The fourth-order valence-electron chi connectivity index (χ4n) is 4.21. The molecule has 1 N–H and O–H groups in total. The Bertz CT molecular complexity index is 1110. The molecule has 2 fully saturated rings. The number of amides is 1. The second-order valence-electron chi connectivity index (χ2n) is 8.14. The number of carbonyl (C=O) groups is 1. The average molecular weight is 454 g/mol. The number of hydrogen-bond donors (Lipinski definition) is 1. The number of aromatic nitrogens is 5. The summed E-state index contributed by atoms with van der Waals surface area (Å²) in [6.07, 6.45) is 8.37. The van der Waals surface area contributed by atoms with Crippen LogP contribution in [0.25, 0.3) is 5.65 Å². The van der Waals surface area contributed by atoms with Crippen molar-refractivity contribution in [2.75, 3.05) is 38.3 Å². The lowest BCUT2D eigenvalue weighted by atomic mass is 9.93. The van der Waals surface area contributed by atoms with Gasteiger partial charge in [0.15, 0.2) is 0 Å². The SMILES string of the molecule is COc1ccnc(C(=O)NC2CCC(Oc3nc(N4CCOCC4)cc4nccn34)CC2)n1. The first kappa shape index (κ1) is 21.4. The number of morpholine rings is 1. The Balaban J connectivity index is 1.21. The lowest BCUT2D eigenvalue weighted by molar-refractivity contribution is 0.0872. The number of ether oxygens (including phenoxy) is 3. The zero-order valence-electron chi connectivity index (χ0n) is 18.5. The molecule has 0 radical (unpaired) electrons. The highest BCUT2D eigenvalue weighted by Gasteiger charge is 2.26. The molecule has 174 valence electrons. The second kappa shape index (κ2) is 9.57. The van der Waals surface area contributed by atoms with Crippen LogP contribution in [0.3, 0.4) is 0 Å². The number of nitrogens with one attached hydrogen (secondary N) is 1. The van der Waals surface area contributed by atoms with Crippen molar-refractivity contribution in [1.29, 1.82) is 0 Å². The van der Waals surface area contributed by atoms with Crippen molar-refractivity contribution in [3.63, 3.8) is 0 Å². The van der Waals surface area contributed by atoms with Gasteiger partial charge in [-0.2, -0.15) is 9.97 Å². The molecule has 33 heavy (non-hydrogen) atoms. The van der Waals surface area contributed by atoms with Crippen molar-refractivity contribution in [3.05, 3.63) is 36.5 Å². The fourth-order valence-corrected chi connectivity index (χ4v) is 4.21. The van der Waals surface area contributed by atoms with Crippen LogP contribution in [0.15, 0.2) is 30.7 Å². The zero-order valence-corrected chi connectivity index (χ0v) is 18.5. The lowest BCUT2D eigenvalue weighted by Crippen LogP contribution is -2.40. The van der Waals surface area contributed by atoms with Gasteiger partial charge in [0.2, 0.25) is 11.7 Å². The number of nitrogens with zero attached hydrogens (tertiary/aromatic N) is 6. The van der Waals surface area contributed by atoms with Crippen LogP contribution < -0.4 is 19.7 Å². The molecule has 5 rings (SSSR count). The minimum absolute atomic E-state index is 0.0178. The number of imidazole rings is 1. The van der Waals surface area contributed by atoms with E-state index in [0.717, 1.165) is 50.2 Å². The first-order chi connectivity index (χ1) is 16.2. The second-order valence-corrected chi connectivity index (χ2v) is 8.14. The summed E-state index contributed by atoms with van der Waals surface area (Å²) in [5, 5.41) is 3.02. The summed E-state index contributed by atoms with van der Waals surface area (Å²) >= 11 is 0. The van der Waals surface area contributed by atoms with E-state index in [2.05, 4.69) is 25.2 Å². The molecule has 1 aliphatic heterocycles. The molecule has 1 amide bonds. The van der Waals surface area contributed by atoms with Crippen molar-refractivity contribution in [3.8, 4) is 11.9 Å². The molecule has 1 saturated carbocycles. The van der Waals surface area contributed by atoms with Gasteiger partial charge in [-0.15, -0.1) is 0 Å². The van der Waals surface area contributed by atoms with Crippen LogP contribution in [0.5, 0.6) is 11.9 Å². The summed E-state index contributed by atoms with van der Waals surface area (Å²) in [4.78, 5) is 32.0. The van der Waals surface area contributed by atoms with Gasteiger partial charge in [0.05, 0.1) is 20.3 Å². The molecule has 0 bridgehead atoms. The zero-order chi connectivity index (χ0) is 22.6. The monoisotopic (exact) mass is 453 g/mol. The molecular weight excluding hydrogens is 426 g/mol. The van der Waals surface area contributed by atoms with Gasteiger partial charge < -0.3 is 24.4 Å². The standard InChI is InChI=1S/C22H27N7O4/c1-31-19-6-7-24-20(27-19)21(30)25-15-2-4-16(5-3-15)33-22-26-18(28-10-12-32-13-11-28)14-17-23-8-9-29(17)22/h6-9,14-16H,2-5,10-13H2,1H3,(H,25,30). The van der Waals surface area contributed by atoms with Crippen molar-refractivity contribution >= 4 is 17.4 Å². The maximum absolute atomic E-state index is 12.5. The maximum atomic E-state index is 12.5. The minimum Gasteiger partial charge on any atom is -0.481 e. The Labute approximate surface area is 191 Å². The Hall–Kier alpha value is -3.47. The predicted octanol–water partition coefficient (Wildman–Crippen LogP) is 1.48. The molecule has 4 heterocycles. The highest BCUT2D eigenvalue weighted by molar-refractivity contribution is 5.90. The summed E-state index contributed by atoms with van der Waals surface area (Å²) in [6.45, 7) is 2.97. The van der Waals surface area contributed by atoms with Gasteiger partial charge >= 0.3 is 6.01 Å². The Morgan fingerprint density at radius 3 is 2.73 bits per heavy atom. The number of methoxy groups -OCH3 is 1. The molecule has 3 aromatic rings. The molecule has 3 aromatic heterocycles. The Morgan fingerprint density at radius 2 is 1.94 bits per heavy atom. The predicted molar refractivity (Wildman–Crippen MR) is 119 cm³/mol. The smallest absolute Gasteiger partial charge is 0.304 e. The molecule has 2 aliphatic rings. The van der Waals surface area contributed by atoms with E-state index in [1.54, 1.807) is 12.3 Å². The van der Waals surface area contributed by atoms with Crippen LogP contribution in [0.2, 0.25) is 0 Å². The van der Waals surface area contributed by atoms with E-state index in [1.165, 1.54) is 13.3 Å². The minimum atomic E-state index is -0.293. The molecule has 0 atom stereocenters. The number of hydrogen-bond acceptors (Lipinski definition) is 9. The van der Waals surface area contributed by atoms with Crippen LogP contribution >= 0.6 is 0 Å². The summed E-state index contributed by atoms with van der Waals surface area (Å²) < 4.78 is 18.7. The third kappa shape index (κ3) is 4.82. The lowest BCUT2D eigenvalue weighted by Gasteiger charge is -2.30. The van der Waals surface area contributed by atoms with Crippen molar-refractivity contribution in [2.45, 2.75) is 37.8 Å². The van der Waals surface area contributed by atoms with E-state index in [0.29, 0.717) is 25.1 Å². The molecule has 1 aliphatic carbocycles. The van der Waals surface area contributed by atoms with E-state index in [9.17, 15) is 4.79 Å². The van der Waals surface area contributed by atoms with Crippen LogP contribution in [0.4, 0.5) is 5.82 Å². The maximum Gasteiger partial charge on any atom is 0.304 e. The number of fused-ring (bicyclic) bond motifs is 1. The normalized spacial score (nSPS) is 21.1. The molecule has 1 saturated heterocycles. The van der Waals surface area contributed by atoms with Crippen LogP contribution in [-0.4, -0.2) is 75.8 Å². The Morgan fingerprint density at radius 1 is 1.12 bits per heavy atom. The molecule has 11 nitrogen and oxygen atoms in total. The fraction of sp³-hybridized carbons (Fsp3) is 0.500. The summed E-state index contributed by atoms with van der Waals surface area (Å²) in [7, 11) is 1.51. The Kier molecular flexibility index (Phi) is 6.20. The third-order valence-corrected chi connectivity index (χ3v) is 6.00. The van der Waals surface area contributed by atoms with Crippen LogP contribution in [0.1, 0.15) is 36.3 Å². The first-order valence-corrected chi connectivity index (χ1v) is 11.2. The summed E-state index contributed by atoms with van der Waals surface area (Å²) in [6, 6.07) is 4.18. The quantitative estimate of drug-likeness (QED) is 0.592. The van der Waals surface area contributed by atoms with Gasteiger partial charge in [-0.05, 0) is 25.7 Å². The molecule has 11 heteroatoms. The number of rotatable bonds is 6. The van der Waals surface area contributed by atoms with E-state index in [4.69, 9.17) is 19.2 Å². The van der Waals surface area contributed by atoms with E-state index in [-0.39, 0.29) is 23.9 Å². The summed E-state index contributed by atoms with van der Waals surface area (Å²) in [5.74, 6) is 1.04. The number of carbonyl (C=O) groups excluding carboxylic acids is 1. The van der Waals surface area contributed by atoms with Gasteiger partial charge in [-0.3, -0.25) is 9.20 Å². The van der Waals surface area contributed by atoms with Gasteiger partial charge in [0, 0.05) is 49.9 Å². The van der Waals surface area contributed by atoms with Crippen LogP contribution in [0, 0.1) is 0 Å².